The zero-order valence-corrected chi connectivity index (χ0v) is 12.4. The van der Waals surface area contributed by atoms with E-state index in [4.69, 9.17) is 9.84 Å². The van der Waals surface area contributed by atoms with Crippen LogP contribution in [0.5, 0.6) is 5.75 Å². The Hall–Kier alpha value is -2.04. The molecule has 21 heavy (non-hydrogen) atoms. The maximum Gasteiger partial charge on any atom is 0.308 e. The highest BCUT2D eigenvalue weighted by atomic mass is 16.5. The fraction of sp³-hybridized carbons (Fsp3) is 0.500. The van der Waals surface area contributed by atoms with Gasteiger partial charge in [-0.2, -0.15) is 0 Å². The number of carboxylic acids is 1. The second-order valence-electron chi connectivity index (χ2n) is 5.64. The summed E-state index contributed by atoms with van der Waals surface area (Å²) in [7, 11) is 0. The van der Waals surface area contributed by atoms with Gasteiger partial charge in [0.15, 0.2) is 0 Å². The summed E-state index contributed by atoms with van der Waals surface area (Å²) < 4.78 is 5.55. The molecule has 0 aliphatic carbocycles. The summed E-state index contributed by atoms with van der Waals surface area (Å²) in [6, 6.07) is 7.67. The number of carbonyl (C=O) groups is 2. The average Bonchev–Trinajstić information content (AvgIpc) is 2.81. The van der Waals surface area contributed by atoms with Crippen molar-refractivity contribution < 1.29 is 19.4 Å². The molecule has 0 radical (unpaired) electrons. The van der Waals surface area contributed by atoms with E-state index in [1.165, 1.54) is 0 Å². The van der Waals surface area contributed by atoms with Crippen molar-refractivity contribution in [1.82, 2.24) is 4.90 Å². The van der Waals surface area contributed by atoms with Gasteiger partial charge >= 0.3 is 5.97 Å². The van der Waals surface area contributed by atoms with Gasteiger partial charge in [0.25, 0.3) is 0 Å². The fourth-order valence-corrected chi connectivity index (χ4v) is 2.61. The number of amides is 1. The van der Waals surface area contributed by atoms with Crippen LogP contribution in [0.2, 0.25) is 0 Å². The predicted molar refractivity (Wildman–Crippen MR) is 78.2 cm³/mol. The molecule has 5 nitrogen and oxygen atoms in total. The molecule has 1 aromatic carbocycles. The topological polar surface area (TPSA) is 66.8 Å². The number of nitrogens with zero attached hydrogens (tertiary/aromatic N) is 1. The van der Waals surface area contributed by atoms with Crippen LogP contribution in [0.25, 0.3) is 0 Å². The van der Waals surface area contributed by atoms with E-state index < -0.39 is 11.9 Å². The van der Waals surface area contributed by atoms with Gasteiger partial charge in [0.2, 0.25) is 5.91 Å². The number of carbonyl (C=O) groups excluding carboxylic acids is 1. The maximum absolute atomic E-state index is 12.1. The Morgan fingerprint density at radius 2 is 2.14 bits per heavy atom. The highest BCUT2D eigenvalue weighted by Crippen LogP contribution is 2.23. The summed E-state index contributed by atoms with van der Waals surface area (Å²) in [5, 5.41) is 9.07. The van der Waals surface area contributed by atoms with Crippen LogP contribution >= 0.6 is 0 Å². The van der Waals surface area contributed by atoms with Crippen molar-refractivity contribution in [2.75, 3.05) is 19.7 Å². The number of hydrogen-bond acceptors (Lipinski definition) is 3. The Kier molecular flexibility index (Phi) is 4.83. The molecule has 1 aliphatic rings. The molecule has 2 rings (SSSR count). The lowest BCUT2D eigenvalue weighted by molar-refractivity contribution is -0.142. The molecule has 1 heterocycles. The lowest BCUT2D eigenvalue weighted by Crippen LogP contribution is -2.30. The van der Waals surface area contributed by atoms with E-state index in [-0.39, 0.29) is 18.2 Å². The number of benzene rings is 1. The predicted octanol–water partition coefficient (Wildman–Crippen LogP) is 1.94. The number of ether oxygens (including phenoxy) is 1. The zero-order valence-electron chi connectivity index (χ0n) is 12.4. The number of likely N-dealkylation sites (tertiary alicyclic amines) is 1. The van der Waals surface area contributed by atoms with Gasteiger partial charge in [0.05, 0.1) is 18.9 Å². The first-order valence-corrected chi connectivity index (χ1v) is 7.17. The minimum atomic E-state index is -0.825. The fourth-order valence-electron chi connectivity index (χ4n) is 2.61. The minimum absolute atomic E-state index is 0.00383. The molecule has 0 unspecified atom stereocenters. The smallest absolute Gasteiger partial charge is 0.308 e. The summed E-state index contributed by atoms with van der Waals surface area (Å²) in [6.07, 6.45) is 0.271. The summed E-state index contributed by atoms with van der Waals surface area (Å²) in [4.78, 5) is 24.7. The summed E-state index contributed by atoms with van der Waals surface area (Å²) in [5.74, 6) is -0.566. The zero-order chi connectivity index (χ0) is 15.4. The summed E-state index contributed by atoms with van der Waals surface area (Å²) >= 11 is 0. The van der Waals surface area contributed by atoms with E-state index in [2.05, 4.69) is 0 Å². The first-order chi connectivity index (χ1) is 9.97. The van der Waals surface area contributed by atoms with Crippen molar-refractivity contribution in [3.63, 3.8) is 0 Å². The molecule has 1 aliphatic heterocycles. The van der Waals surface area contributed by atoms with Gasteiger partial charge in [-0.1, -0.05) is 19.1 Å². The minimum Gasteiger partial charge on any atom is -0.493 e. The monoisotopic (exact) mass is 291 g/mol. The van der Waals surface area contributed by atoms with E-state index in [0.717, 1.165) is 11.3 Å². The van der Waals surface area contributed by atoms with Gasteiger partial charge in [0, 0.05) is 13.1 Å². The standard InChI is InChI=1S/C16H21NO4/c1-11-4-3-5-13(8-11)21-7-6-15(18)17-9-12(2)14(10-17)16(19)20/h3-5,8,12,14H,6-7,9-10H2,1-2H3,(H,19,20)/t12-,14-/m1/s1. The first-order valence-electron chi connectivity index (χ1n) is 7.17. The lowest BCUT2D eigenvalue weighted by Gasteiger charge is -2.16. The highest BCUT2D eigenvalue weighted by molar-refractivity contribution is 5.79. The molecule has 5 heteroatoms. The number of carboxylic acid groups (broad SMARTS) is 1. The number of aryl methyl sites for hydroxylation is 1. The van der Waals surface area contributed by atoms with Crippen LogP contribution in [0.15, 0.2) is 24.3 Å². The van der Waals surface area contributed by atoms with Crippen molar-refractivity contribution in [3.8, 4) is 5.75 Å². The van der Waals surface area contributed by atoms with Crippen LogP contribution in [0.3, 0.4) is 0 Å². The quantitative estimate of drug-likeness (QED) is 0.900. The van der Waals surface area contributed by atoms with E-state index in [9.17, 15) is 9.59 Å². The Morgan fingerprint density at radius 3 is 2.76 bits per heavy atom. The number of aliphatic carboxylic acids is 1. The third-order valence-electron chi connectivity index (χ3n) is 3.86. The third kappa shape index (κ3) is 3.97. The molecular weight excluding hydrogens is 270 g/mol. The van der Waals surface area contributed by atoms with Gasteiger partial charge < -0.3 is 14.7 Å². The molecular formula is C16H21NO4. The molecule has 1 amide bonds. The Labute approximate surface area is 124 Å². The van der Waals surface area contributed by atoms with E-state index >= 15 is 0 Å². The van der Waals surface area contributed by atoms with Crippen LogP contribution in [0.1, 0.15) is 18.9 Å². The van der Waals surface area contributed by atoms with E-state index in [1.807, 2.05) is 38.1 Å². The molecule has 0 saturated carbocycles. The first kappa shape index (κ1) is 15.4. The molecule has 1 saturated heterocycles. The molecule has 1 fully saturated rings. The van der Waals surface area contributed by atoms with Gasteiger partial charge in [-0.05, 0) is 30.5 Å². The molecule has 1 N–H and O–H groups in total. The van der Waals surface area contributed by atoms with Gasteiger partial charge in [-0.15, -0.1) is 0 Å². The van der Waals surface area contributed by atoms with Crippen LogP contribution in [-0.4, -0.2) is 41.6 Å². The Balaban J connectivity index is 1.79. The van der Waals surface area contributed by atoms with Crippen molar-refractivity contribution in [1.29, 1.82) is 0 Å². The van der Waals surface area contributed by atoms with Crippen molar-refractivity contribution in [2.45, 2.75) is 20.3 Å². The summed E-state index contributed by atoms with van der Waals surface area (Å²) in [6.45, 7) is 4.98. The Bertz CT molecular complexity index is 529. The SMILES string of the molecule is Cc1cccc(OCCC(=O)N2C[C@@H](C)[C@H](C(=O)O)C2)c1. The summed E-state index contributed by atoms with van der Waals surface area (Å²) in [5.41, 5.74) is 1.11. The lowest BCUT2D eigenvalue weighted by atomic mass is 9.99. The van der Waals surface area contributed by atoms with Crippen LogP contribution in [0, 0.1) is 18.8 Å². The Morgan fingerprint density at radius 1 is 1.38 bits per heavy atom. The van der Waals surface area contributed by atoms with Gasteiger partial charge in [0.1, 0.15) is 5.75 Å². The van der Waals surface area contributed by atoms with Crippen molar-refractivity contribution >= 4 is 11.9 Å². The van der Waals surface area contributed by atoms with Crippen LogP contribution in [0.4, 0.5) is 0 Å². The van der Waals surface area contributed by atoms with Crippen molar-refractivity contribution in [2.24, 2.45) is 11.8 Å². The average molecular weight is 291 g/mol. The van der Waals surface area contributed by atoms with E-state index in [1.54, 1.807) is 4.90 Å². The number of rotatable bonds is 5. The highest BCUT2D eigenvalue weighted by Gasteiger charge is 2.36. The second-order valence-corrected chi connectivity index (χ2v) is 5.64. The van der Waals surface area contributed by atoms with Gasteiger partial charge in [-0.3, -0.25) is 9.59 Å². The second kappa shape index (κ2) is 6.61. The van der Waals surface area contributed by atoms with E-state index in [0.29, 0.717) is 19.7 Å². The van der Waals surface area contributed by atoms with Crippen molar-refractivity contribution in [3.05, 3.63) is 29.8 Å². The molecule has 2 atom stereocenters. The number of hydrogen-bond donors (Lipinski definition) is 1. The van der Waals surface area contributed by atoms with Crippen LogP contribution in [-0.2, 0) is 9.59 Å². The molecule has 0 bridgehead atoms. The molecule has 0 aromatic heterocycles. The maximum atomic E-state index is 12.1. The molecule has 0 spiro atoms. The molecule has 1 aromatic rings. The van der Waals surface area contributed by atoms with Crippen LogP contribution < -0.4 is 4.74 Å². The van der Waals surface area contributed by atoms with Gasteiger partial charge in [-0.25, -0.2) is 0 Å². The largest absolute Gasteiger partial charge is 0.493 e. The third-order valence-corrected chi connectivity index (χ3v) is 3.86. The normalized spacial score (nSPS) is 21.3. The molecule has 114 valence electrons.